The fraction of sp³-hybridized carbons (Fsp3) is 0.136. The number of halogens is 1. The third kappa shape index (κ3) is 4.75. The van der Waals surface area contributed by atoms with Crippen LogP contribution in [0.15, 0.2) is 66.9 Å². The standard InChI is InChI=1S/C22H19ClN2O3/c1-14-8-11-18(12-19(14)23)25-21(26)20(16-6-4-3-5-7-16)28-22(27)17-10-9-15(2)24-13-17/h3-13,20H,1-2H3,(H,25,26). The first-order valence-corrected chi connectivity index (χ1v) is 9.07. The van der Waals surface area contributed by atoms with Gasteiger partial charge in [0.15, 0.2) is 0 Å². The number of benzene rings is 2. The van der Waals surface area contributed by atoms with E-state index in [2.05, 4.69) is 10.3 Å². The predicted octanol–water partition coefficient (Wildman–Crippen LogP) is 4.89. The molecule has 0 bridgehead atoms. The van der Waals surface area contributed by atoms with Crippen LogP contribution in [0.1, 0.15) is 33.3 Å². The predicted molar refractivity (Wildman–Crippen MR) is 108 cm³/mol. The normalized spacial score (nSPS) is 11.5. The number of pyridine rings is 1. The molecule has 0 saturated carbocycles. The highest BCUT2D eigenvalue weighted by atomic mass is 35.5. The number of esters is 1. The monoisotopic (exact) mass is 394 g/mol. The van der Waals surface area contributed by atoms with Crippen molar-refractivity contribution in [2.45, 2.75) is 20.0 Å². The van der Waals surface area contributed by atoms with Crippen LogP contribution in [0, 0.1) is 13.8 Å². The highest BCUT2D eigenvalue weighted by Crippen LogP contribution is 2.24. The van der Waals surface area contributed by atoms with E-state index in [-0.39, 0.29) is 5.56 Å². The van der Waals surface area contributed by atoms with Gasteiger partial charge in [-0.1, -0.05) is 48.0 Å². The number of amides is 1. The number of anilines is 1. The molecule has 6 heteroatoms. The molecule has 5 nitrogen and oxygen atoms in total. The number of carbonyl (C=O) groups is 2. The van der Waals surface area contributed by atoms with Crippen LogP contribution < -0.4 is 5.32 Å². The van der Waals surface area contributed by atoms with E-state index in [0.717, 1.165) is 11.3 Å². The Morgan fingerprint density at radius 2 is 1.79 bits per heavy atom. The molecule has 0 aliphatic rings. The molecule has 142 valence electrons. The zero-order chi connectivity index (χ0) is 20.1. The third-order valence-electron chi connectivity index (χ3n) is 4.15. The molecule has 0 saturated heterocycles. The van der Waals surface area contributed by atoms with Crippen LogP contribution in [-0.2, 0) is 9.53 Å². The van der Waals surface area contributed by atoms with Gasteiger partial charge < -0.3 is 10.1 Å². The van der Waals surface area contributed by atoms with E-state index in [4.69, 9.17) is 16.3 Å². The Labute approximate surface area is 168 Å². The maximum Gasteiger partial charge on any atom is 0.340 e. The van der Waals surface area contributed by atoms with Crippen molar-refractivity contribution in [3.8, 4) is 0 Å². The lowest BCUT2D eigenvalue weighted by Crippen LogP contribution is -2.26. The van der Waals surface area contributed by atoms with E-state index >= 15 is 0 Å². The molecule has 28 heavy (non-hydrogen) atoms. The number of carbonyl (C=O) groups excluding carboxylic acids is 2. The molecular weight excluding hydrogens is 376 g/mol. The molecule has 0 fully saturated rings. The molecule has 0 radical (unpaired) electrons. The average molecular weight is 395 g/mol. The highest BCUT2D eigenvalue weighted by molar-refractivity contribution is 6.31. The molecule has 2 aromatic carbocycles. The van der Waals surface area contributed by atoms with Gasteiger partial charge in [0, 0.05) is 28.2 Å². The second kappa shape index (κ2) is 8.67. The van der Waals surface area contributed by atoms with E-state index < -0.39 is 18.0 Å². The van der Waals surface area contributed by atoms with Crippen LogP contribution in [-0.4, -0.2) is 16.9 Å². The fourth-order valence-electron chi connectivity index (χ4n) is 2.54. The van der Waals surface area contributed by atoms with Crippen molar-refractivity contribution >= 4 is 29.2 Å². The number of aryl methyl sites for hydroxylation is 2. The molecule has 1 atom stereocenters. The molecule has 0 spiro atoms. The van der Waals surface area contributed by atoms with Gasteiger partial charge in [0.25, 0.3) is 5.91 Å². The molecule has 1 heterocycles. The fourth-order valence-corrected chi connectivity index (χ4v) is 2.72. The second-order valence-corrected chi connectivity index (χ2v) is 6.74. The Morgan fingerprint density at radius 3 is 2.43 bits per heavy atom. The Hall–Kier alpha value is -3.18. The van der Waals surface area contributed by atoms with Crippen molar-refractivity contribution < 1.29 is 14.3 Å². The summed E-state index contributed by atoms with van der Waals surface area (Å²) in [5.74, 6) is -1.10. The summed E-state index contributed by atoms with van der Waals surface area (Å²) in [6, 6.07) is 17.4. The van der Waals surface area contributed by atoms with Gasteiger partial charge >= 0.3 is 5.97 Å². The summed E-state index contributed by atoms with van der Waals surface area (Å²) in [6.07, 6.45) is 0.312. The maximum absolute atomic E-state index is 12.9. The van der Waals surface area contributed by atoms with Gasteiger partial charge in [-0.25, -0.2) is 4.79 Å². The lowest BCUT2D eigenvalue weighted by atomic mass is 10.1. The summed E-state index contributed by atoms with van der Waals surface area (Å²) in [6.45, 7) is 3.69. The SMILES string of the molecule is Cc1ccc(C(=O)OC(C(=O)Nc2ccc(C)c(Cl)c2)c2ccccc2)cn1. The van der Waals surface area contributed by atoms with Crippen molar-refractivity contribution in [1.29, 1.82) is 0 Å². The second-order valence-electron chi connectivity index (χ2n) is 6.34. The van der Waals surface area contributed by atoms with E-state index in [9.17, 15) is 9.59 Å². The van der Waals surface area contributed by atoms with Gasteiger partial charge in [-0.2, -0.15) is 0 Å². The zero-order valence-corrected chi connectivity index (χ0v) is 16.2. The number of hydrogen-bond acceptors (Lipinski definition) is 4. The summed E-state index contributed by atoms with van der Waals surface area (Å²) in [5, 5.41) is 3.30. The van der Waals surface area contributed by atoms with E-state index in [0.29, 0.717) is 16.3 Å². The largest absolute Gasteiger partial charge is 0.444 e. The smallest absolute Gasteiger partial charge is 0.340 e. The first kappa shape index (κ1) is 19.6. The highest BCUT2D eigenvalue weighted by Gasteiger charge is 2.26. The maximum atomic E-state index is 12.9. The molecule has 1 aromatic heterocycles. The van der Waals surface area contributed by atoms with Crippen molar-refractivity contribution in [2.75, 3.05) is 5.32 Å². The lowest BCUT2D eigenvalue weighted by molar-refractivity contribution is -0.125. The van der Waals surface area contributed by atoms with Crippen LogP contribution in [0.25, 0.3) is 0 Å². The number of nitrogens with one attached hydrogen (secondary N) is 1. The summed E-state index contributed by atoms with van der Waals surface area (Å²) in [4.78, 5) is 29.5. The average Bonchev–Trinajstić information content (AvgIpc) is 2.70. The number of aromatic nitrogens is 1. The molecule has 3 aromatic rings. The number of hydrogen-bond donors (Lipinski definition) is 1. The van der Waals surface area contributed by atoms with Crippen LogP contribution >= 0.6 is 11.6 Å². The van der Waals surface area contributed by atoms with Crippen molar-refractivity contribution in [3.05, 3.63) is 94.3 Å². The van der Waals surface area contributed by atoms with Crippen LogP contribution in [0.3, 0.4) is 0 Å². The summed E-state index contributed by atoms with van der Waals surface area (Å²) in [7, 11) is 0. The van der Waals surface area contributed by atoms with E-state index in [1.54, 1.807) is 54.6 Å². The van der Waals surface area contributed by atoms with Gasteiger partial charge in [-0.15, -0.1) is 0 Å². The van der Waals surface area contributed by atoms with Crippen molar-refractivity contribution in [3.63, 3.8) is 0 Å². The van der Waals surface area contributed by atoms with Crippen LogP contribution in [0.2, 0.25) is 5.02 Å². The Morgan fingerprint density at radius 1 is 1.04 bits per heavy atom. The van der Waals surface area contributed by atoms with Crippen LogP contribution in [0.4, 0.5) is 5.69 Å². The first-order valence-electron chi connectivity index (χ1n) is 8.69. The van der Waals surface area contributed by atoms with Crippen molar-refractivity contribution in [2.24, 2.45) is 0 Å². The Balaban J connectivity index is 1.84. The molecule has 1 N–H and O–H groups in total. The molecule has 1 amide bonds. The van der Waals surface area contributed by atoms with Gasteiger partial charge in [-0.3, -0.25) is 9.78 Å². The van der Waals surface area contributed by atoms with Gasteiger partial charge in [0.05, 0.1) is 5.56 Å². The zero-order valence-electron chi connectivity index (χ0n) is 15.5. The van der Waals surface area contributed by atoms with Crippen molar-refractivity contribution in [1.82, 2.24) is 4.98 Å². The number of rotatable bonds is 5. The number of ether oxygens (including phenoxy) is 1. The van der Waals surface area contributed by atoms with E-state index in [1.165, 1.54) is 6.20 Å². The number of nitrogens with zero attached hydrogens (tertiary/aromatic N) is 1. The molecular formula is C22H19ClN2O3. The van der Waals surface area contributed by atoms with Crippen LogP contribution in [0.5, 0.6) is 0 Å². The minimum Gasteiger partial charge on any atom is -0.444 e. The molecule has 0 aliphatic carbocycles. The first-order chi connectivity index (χ1) is 13.4. The molecule has 0 aliphatic heterocycles. The minimum atomic E-state index is -1.12. The quantitative estimate of drug-likeness (QED) is 0.625. The molecule has 3 rings (SSSR count). The van der Waals surface area contributed by atoms with E-state index in [1.807, 2.05) is 19.9 Å². The molecule has 1 unspecified atom stereocenters. The van der Waals surface area contributed by atoms with Gasteiger partial charge in [0.1, 0.15) is 0 Å². The minimum absolute atomic E-state index is 0.276. The Kier molecular flexibility index (Phi) is 6.06. The summed E-state index contributed by atoms with van der Waals surface area (Å²) >= 11 is 6.13. The van der Waals surface area contributed by atoms with Gasteiger partial charge in [0.2, 0.25) is 6.10 Å². The Bertz CT molecular complexity index is 988. The van der Waals surface area contributed by atoms with Gasteiger partial charge in [-0.05, 0) is 43.7 Å². The topological polar surface area (TPSA) is 68.3 Å². The third-order valence-corrected chi connectivity index (χ3v) is 4.56. The summed E-state index contributed by atoms with van der Waals surface area (Å²) < 4.78 is 5.53. The summed E-state index contributed by atoms with van der Waals surface area (Å²) in [5.41, 5.74) is 3.04. The lowest BCUT2D eigenvalue weighted by Gasteiger charge is -2.18.